The fourth-order valence-corrected chi connectivity index (χ4v) is 1.57. The van der Waals surface area contributed by atoms with Gasteiger partial charge in [0.05, 0.1) is 0 Å². The van der Waals surface area contributed by atoms with Crippen LogP contribution in [0, 0.1) is 6.92 Å². The summed E-state index contributed by atoms with van der Waals surface area (Å²) >= 11 is 3.42. The number of carbonyl (C=O) groups is 1. The molecule has 0 radical (unpaired) electrons. The van der Waals surface area contributed by atoms with Crippen LogP contribution in [0.5, 0.6) is 5.75 Å². The highest BCUT2D eigenvalue weighted by atomic mass is 79.9. The molecule has 1 aromatic carbocycles. The van der Waals surface area contributed by atoms with Gasteiger partial charge in [-0.1, -0.05) is 15.9 Å². The predicted molar refractivity (Wildman–Crippen MR) is 74.8 cm³/mol. The van der Waals surface area contributed by atoms with Gasteiger partial charge >= 0.3 is 5.97 Å². The van der Waals surface area contributed by atoms with Crippen molar-refractivity contribution >= 4 is 21.9 Å². The van der Waals surface area contributed by atoms with Crippen LogP contribution in [0.4, 0.5) is 0 Å². The second kappa shape index (κ2) is 5.74. The lowest BCUT2D eigenvalue weighted by atomic mass is 10.2. The van der Waals surface area contributed by atoms with E-state index in [1.165, 1.54) is 0 Å². The summed E-state index contributed by atoms with van der Waals surface area (Å²) in [7, 11) is 0. The molecule has 0 aliphatic carbocycles. The fraction of sp³-hybridized carbons (Fsp3) is 0.500. The van der Waals surface area contributed by atoms with Crippen molar-refractivity contribution in [2.45, 2.75) is 46.3 Å². The van der Waals surface area contributed by atoms with Crippen molar-refractivity contribution in [1.82, 2.24) is 0 Å². The van der Waals surface area contributed by atoms with E-state index in [0.29, 0.717) is 5.75 Å². The SMILES string of the molecule is Cc1cc(OC(C)C(=O)OC(C)(C)C)ccc1Br. The zero-order chi connectivity index (χ0) is 13.9. The molecule has 4 heteroatoms. The van der Waals surface area contributed by atoms with Crippen LogP contribution < -0.4 is 4.74 Å². The highest BCUT2D eigenvalue weighted by molar-refractivity contribution is 9.10. The van der Waals surface area contributed by atoms with E-state index in [1.54, 1.807) is 6.92 Å². The number of esters is 1. The number of hydrogen-bond donors (Lipinski definition) is 0. The first-order valence-electron chi connectivity index (χ1n) is 5.85. The summed E-state index contributed by atoms with van der Waals surface area (Å²) in [4.78, 5) is 11.8. The molecule has 18 heavy (non-hydrogen) atoms. The second-order valence-electron chi connectivity index (χ2n) is 5.20. The number of aryl methyl sites for hydroxylation is 1. The minimum atomic E-state index is -0.621. The third-order valence-corrected chi connectivity index (χ3v) is 3.07. The summed E-state index contributed by atoms with van der Waals surface area (Å²) < 4.78 is 11.8. The molecule has 0 saturated carbocycles. The van der Waals surface area contributed by atoms with E-state index in [4.69, 9.17) is 9.47 Å². The average Bonchev–Trinajstić information content (AvgIpc) is 2.21. The highest BCUT2D eigenvalue weighted by Crippen LogP contribution is 2.22. The maximum Gasteiger partial charge on any atom is 0.347 e. The summed E-state index contributed by atoms with van der Waals surface area (Å²) in [6, 6.07) is 5.59. The van der Waals surface area contributed by atoms with E-state index in [1.807, 2.05) is 45.9 Å². The monoisotopic (exact) mass is 314 g/mol. The third kappa shape index (κ3) is 4.69. The van der Waals surface area contributed by atoms with Gasteiger partial charge in [0.25, 0.3) is 0 Å². The molecule has 0 bridgehead atoms. The number of carbonyl (C=O) groups excluding carboxylic acids is 1. The zero-order valence-electron chi connectivity index (χ0n) is 11.4. The Hall–Kier alpha value is -1.03. The van der Waals surface area contributed by atoms with Gasteiger partial charge in [0, 0.05) is 4.47 Å². The summed E-state index contributed by atoms with van der Waals surface area (Å²) in [5, 5.41) is 0. The van der Waals surface area contributed by atoms with E-state index in [0.717, 1.165) is 10.0 Å². The molecule has 0 spiro atoms. The van der Waals surface area contributed by atoms with E-state index in [-0.39, 0.29) is 5.97 Å². The van der Waals surface area contributed by atoms with Gasteiger partial charge in [0.1, 0.15) is 11.4 Å². The lowest BCUT2D eigenvalue weighted by molar-refractivity contribution is -0.162. The molecule has 0 N–H and O–H groups in total. The normalized spacial score (nSPS) is 13.0. The fourth-order valence-electron chi connectivity index (χ4n) is 1.33. The maximum absolute atomic E-state index is 11.8. The van der Waals surface area contributed by atoms with E-state index < -0.39 is 11.7 Å². The summed E-state index contributed by atoms with van der Waals surface area (Å²) in [5.41, 5.74) is 0.563. The van der Waals surface area contributed by atoms with Gasteiger partial charge in [-0.15, -0.1) is 0 Å². The lowest BCUT2D eigenvalue weighted by Crippen LogP contribution is -2.33. The van der Waals surface area contributed by atoms with Crippen molar-refractivity contribution in [3.63, 3.8) is 0 Å². The van der Waals surface area contributed by atoms with Crippen molar-refractivity contribution in [3.05, 3.63) is 28.2 Å². The molecule has 100 valence electrons. The third-order valence-electron chi connectivity index (χ3n) is 2.18. The number of halogens is 1. The molecule has 3 nitrogen and oxygen atoms in total. The van der Waals surface area contributed by atoms with Crippen LogP contribution >= 0.6 is 15.9 Å². The standard InChI is InChI=1S/C14H19BrO3/c1-9-8-11(6-7-12(9)15)17-10(2)13(16)18-14(3,4)5/h6-8,10H,1-5H3. The van der Waals surface area contributed by atoms with Crippen LogP contribution in [-0.4, -0.2) is 17.7 Å². The van der Waals surface area contributed by atoms with Gasteiger partial charge in [0.15, 0.2) is 6.10 Å². The van der Waals surface area contributed by atoms with Crippen LogP contribution in [0.1, 0.15) is 33.3 Å². The minimum Gasteiger partial charge on any atom is -0.479 e. The maximum atomic E-state index is 11.8. The zero-order valence-corrected chi connectivity index (χ0v) is 13.0. The van der Waals surface area contributed by atoms with E-state index in [2.05, 4.69) is 15.9 Å². The Morgan fingerprint density at radius 1 is 1.33 bits per heavy atom. The van der Waals surface area contributed by atoms with Gasteiger partial charge in [0.2, 0.25) is 0 Å². The van der Waals surface area contributed by atoms with E-state index in [9.17, 15) is 4.79 Å². The second-order valence-corrected chi connectivity index (χ2v) is 6.06. The minimum absolute atomic E-state index is 0.358. The molecule has 1 unspecified atom stereocenters. The number of benzene rings is 1. The molecule has 0 saturated heterocycles. The Labute approximate surface area is 117 Å². The molecule has 1 atom stereocenters. The van der Waals surface area contributed by atoms with Gasteiger partial charge in [-0.25, -0.2) is 4.79 Å². The number of hydrogen-bond acceptors (Lipinski definition) is 3. The van der Waals surface area contributed by atoms with Crippen LogP contribution in [0.2, 0.25) is 0 Å². The van der Waals surface area contributed by atoms with Crippen LogP contribution in [0.3, 0.4) is 0 Å². The van der Waals surface area contributed by atoms with Crippen molar-refractivity contribution < 1.29 is 14.3 Å². The quantitative estimate of drug-likeness (QED) is 0.795. The van der Waals surface area contributed by atoms with Crippen LogP contribution in [0.15, 0.2) is 22.7 Å². The molecule has 0 fully saturated rings. The van der Waals surface area contributed by atoms with Crippen LogP contribution in [0.25, 0.3) is 0 Å². The Bertz CT molecular complexity index is 435. The Morgan fingerprint density at radius 3 is 2.44 bits per heavy atom. The Balaban J connectivity index is 2.66. The molecule has 0 amide bonds. The summed E-state index contributed by atoms with van der Waals surface area (Å²) in [6.45, 7) is 9.16. The van der Waals surface area contributed by atoms with Crippen molar-refractivity contribution in [2.75, 3.05) is 0 Å². The molecule has 0 aliphatic heterocycles. The van der Waals surface area contributed by atoms with Crippen LogP contribution in [-0.2, 0) is 9.53 Å². The van der Waals surface area contributed by atoms with Crippen molar-refractivity contribution in [1.29, 1.82) is 0 Å². The topological polar surface area (TPSA) is 35.5 Å². The van der Waals surface area contributed by atoms with Gasteiger partial charge in [-0.3, -0.25) is 0 Å². The first-order chi connectivity index (χ1) is 8.19. The largest absolute Gasteiger partial charge is 0.479 e. The highest BCUT2D eigenvalue weighted by Gasteiger charge is 2.23. The summed E-state index contributed by atoms with van der Waals surface area (Å²) in [6.07, 6.45) is -0.621. The number of ether oxygens (including phenoxy) is 2. The smallest absolute Gasteiger partial charge is 0.347 e. The molecule has 0 heterocycles. The van der Waals surface area contributed by atoms with Gasteiger partial charge in [-0.05, 0) is 58.4 Å². The Kier molecular flexibility index (Phi) is 4.79. The summed E-state index contributed by atoms with van der Waals surface area (Å²) in [5.74, 6) is 0.303. The molecular weight excluding hydrogens is 296 g/mol. The van der Waals surface area contributed by atoms with Gasteiger partial charge in [-0.2, -0.15) is 0 Å². The Morgan fingerprint density at radius 2 is 1.94 bits per heavy atom. The van der Waals surface area contributed by atoms with Gasteiger partial charge < -0.3 is 9.47 Å². The number of rotatable bonds is 3. The lowest BCUT2D eigenvalue weighted by Gasteiger charge is -2.22. The predicted octanol–water partition coefficient (Wildman–Crippen LogP) is 3.87. The molecule has 1 rings (SSSR count). The molecular formula is C14H19BrO3. The molecule has 0 aromatic heterocycles. The first-order valence-corrected chi connectivity index (χ1v) is 6.64. The van der Waals surface area contributed by atoms with Crippen molar-refractivity contribution in [2.24, 2.45) is 0 Å². The first kappa shape index (κ1) is 15.0. The average molecular weight is 315 g/mol. The molecule has 0 aliphatic rings. The molecule has 1 aromatic rings. The van der Waals surface area contributed by atoms with E-state index >= 15 is 0 Å². The van der Waals surface area contributed by atoms with Crippen molar-refractivity contribution in [3.8, 4) is 5.75 Å².